The number of benzene rings is 1. The molecule has 1 aliphatic heterocycles. The van der Waals surface area contributed by atoms with Crippen LogP contribution in [0.15, 0.2) is 24.3 Å². The standard InChI is InChI=1S/C15H21FN2O/c1-2-10-18(12-6-5-9-17-11-12)15(19)13-7-3-4-8-14(13)16/h3-4,7-8,12,17H,2,5-6,9-11H2,1H3. The Labute approximate surface area is 113 Å². The van der Waals surface area contributed by atoms with Crippen molar-refractivity contribution in [3.8, 4) is 0 Å². The fourth-order valence-corrected chi connectivity index (χ4v) is 2.58. The molecule has 104 valence electrons. The number of amides is 1. The number of carbonyl (C=O) groups is 1. The van der Waals surface area contributed by atoms with Gasteiger partial charge in [0, 0.05) is 19.1 Å². The molecule has 1 aromatic carbocycles. The van der Waals surface area contributed by atoms with Gasteiger partial charge in [0.05, 0.1) is 5.56 Å². The largest absolute Gasteiger partial charge is 0.334 e. The first-order valence-corrected chi connectivity index (χ1v) is 7.00. The van der Waals surface area contributed by atoms with Crippen LogP contribution in [0.1, 0.15) is 36.5 Å². The number of nitrogens with one attached hydrogen (secondary N) is 1. The Bertz CT molecular complexity index is 430. The minimum Gasteiger partial charge on any atom is -0.334 e. The highest BCUT2D eigenvalue weighted by molar-refractivity contribution is 5.94. The zero-order chi connectivity index (χ0) is 13.7. The molecule has 0 aromatic heterocycles. The van der Waals surface area contributed by atoms with E-state index >= 15 is 0 Å². The fourth-order valence-electron chi connectivity index (χ4n) is 2.58. The molecular formula is C15H21FN2O. The van der Waals surface area contributed by atoms with Crippen LogP contribution in [0.5, 0.6) is 0 Å². The van der Waals surface area contributed by atoms with Gasteiger partial charge in [0.1, 0.15) is 5.82 Å². The molecule has 1 aliphatic rings. The fraction of sp³-hybridized carbons (Fsp3) is 0.533. The smallest absolute Gasteiger partial charge is 0.257 e. The summed E-state index contributed by atoms with van der Waals surface area (Å²) in [5.74, 6) is -0.619. The summed E-state index contributed by atoms with van der Waals surface area (Å²) in [5, 5.41) is 3.31. The Morgan fingerprint density at radius 1 is 1.47 bits per heavy atom. The van der Waals surface area contributed by atoms with E-state index in [9.17, 15) is 9.18 Å². The van der Waals surface area contributed by atoms with Crippen molar-refractivity contribution >= 4 is 5.91 Å². The first kappa shape index (κ1) is 14.0. The van der Waals surface area contributed by atoms with Gasteiger partial charge in [-0.15, -0.1) is 0 Å². The molecule has 0 spiro atoms. The average molecular weight is 264 g/mol. The van der Waals surface area contributed by atoms with Crippen molar-refractivity contribution in [2.24, 2.45) is 0 Å². The second-order valence-corrected chi connectivity index (χ2v) is 4.98. The lowest BCUT2D eigenvalue weighted by atomic mass is 10.0. The molecule has 2 rings (SSSR count). The van der Waals surface area contributed by atoms with Crippen LogP contribution in [0.25, 0.3) is 0 Å². The molecule has 1 saturated heterocycles. The van der Waals surface area contributed by atoms with Gasteiger partial charge in [-0.2, -0.15) is 0 Å². The van der Waals surface area contributed by atoms with Gasteiger partial charge in [0.2, 0.25) is 0 Å². The molecule has 0 radical (unpaired) electrons. The maximum atomic E-state index is 13.7. The summed E-state index contributed by atoms with van der Waals surface area (Å²) in [4.78, 5) is 14.3. The molecule has 0 aliphatic carbocycles. The number of halogens is 1. The molecule has 0 saturated carbocycles. The van der Waals surface area contributed by atoms with Gasteiger partial charge in [-0.25, -0.2) is 4.39 Å². The molecule has 1 amide bonds. The van der Waals surface area contributed by atoms with E-state index in [1.807, 2.05) is 11.8 Å². The van der Waals surface area contributed by atoms with Gasteiger partial charge >= 0.3 is 0 Å². The van der Waals surface area contributed by atoms with E-state index in [1.165, 1.54) is 6.07 Å². The molecule has 3 nitrogen and oxygen atoms in total. The molecule has 1 fully saturated rings. The average Bonchev–Trinajstić information content (AvgIpc) is 2.45. The van der Waals surface area contributed by atoms with E-state index in [4.69, 9.17) is 0 Å². The number of rotatable bonds is 4. The minimum absolute atomic E-state index is 0.181. The van der Waals surface area contributed by atoms with Crippen molar-refractivity contribution in [3.05, 3.63) is 35.6 Å². The lowest BCUT2D eigenvalue weighted by molar-refractivity contribution is 0.0644. The zero-order valence-electron chi connectivity index (χ0n) is 11.4. The van der Waals surface area contributed by atoms with Crippen molar-refractivity contribution in [1.82, 2.24) is 10.2 Å². The highest BCUT2D eigenvalue weighted by Gasteiger charge is 2.26. The van der Waals surface area contributed by atoms with Gasteiger partial charge in [-0.3, -0.25) is 4.79 Å². The maximum absolute atomic E-state index is 13.7. The topological polar surface area (TPSA) is 32.3 Å². The van der Waals surface area contributed by atoms with E-state index in [0.29, 0.717) is 6.54 Å². The number of piperidine rings is 1. The van der Waals surface area contributed by atoms with Crippen LogP contribution in [0.3, 0.4) is 0 Å². The maximum Gasteiger partial charge on any atom is 0.257 e. The normalized spacial score (nSPS) is 19.2. The van der Waals surface area contributed by atoms with Crippen LogP contribution in [0.2, 0.25) is 0 Å². The number of hydrogen-bond acceptors (Lipinski definition) is 2. The zero-order valence-corrected chi connectivity index (χ0v) is 11.4. The van der Waals surface area contributed by atoms with Crippen LogP contribution in [-0.4, -0.2) is 36.5 Å². The summed E-state index contributed by atoms with van der Waals surface area (Å²) in [5.41, 5.74) is 0.182. The second kappa shape index (κ2) is 6.66. The first-order chi connectivity index (χ1) is 9.24. The van der Waals surface area contributed by atoms with Crippen molar-refractivity contribution in [2.45, 2.75) is 32.2 Å². The summed E-state index contributed by atoms with van der Waals surface area (Å²) in [6.07, 6.45) is 2.94. The van der Waals surface area contributed by atoms with Gasteiger partial charge in [0.25, 0.3) is 5.91 Å². The second-order valence-electron chi connectivity index (χ2n) is 4.98. The van der Waals surface area contributed by atoms with Crippen molar-refractivity contribution in [1.29, 1.82) is 0 Å². The third-order valence-corrected chi connectivity index (χ3v) is 3.54. The van der Waals surface area contributed by atoms with Crippen molar-refractivity contribution in [2.75, 3.05) is 19.6 Å². The predicted octanol–water partition coefficient (Wildman–Crippen LogP) is 2.43. The molecule has 1 heterocycles. The first-order valence-electron chi connectivity index (χ1n) is 7.00. The van der Waals surface area contributed by atoms with Crippen LogP contribution in [-0.2, 0) is 0 Å². The van der Waals surface area contributed by atoms with Crippen molar-refractivity contribution < 1.29 is 9.18 Å². The molecule has 0 bridgehead atoms. The Hall–Kier alpha value is -1.42. The summed E-state index contributed by atoms with van der Waals surface area (Å²) in [7, 11) is 0. The van der Waals surface area contributed by atoms with Gasteiger partial charge in [-0.1, -0.05) is 19.1 Å². The van der Waals surface area contributed by atoms with E-state index in [1.54, 1.807) is 18.2 Å². The molecule has 19 heavy (non-hydrogen) atoms. The van der Waals surface area contributed by atoms with Gasteiger partial charge < -0.3 is 10.2 Å². The Kier molecular flexibility index (Phi) is 4.91. The minimum atomic E-state index is -0.433. The molecule has 1 atom stereocenters. The van der Waals surface area contributed by atoms with E-state index in [0.717, 1.165) is 32.4 Å². The van der Waals surface area contributed by atoms with E-state index in [-0.39, 0.29) is 17.5 Å². The van der Waals surface area contributed by atoms with Gasteiger partial charge in [0.15, 0.2) is 0 Å². The molecule has 1 unspecified atom stereocenters. The molecule has 1 aromatic rings. The third kappa shape index (κ3) is 3.32. The lowest BCUT2D eigenvalue weighted by Crippen LogP contribution is -2.49. The Morgan fingerprint density at radius 2 is 2.26 bits per heavy atom. The molecule has 1 N–H and O–H groups in total. The number of carbonyl (C=O) groups excluding carboxylic acids is 1. The van der Waals surface area contributed by atoms with Crippen LogP contribution < -0.4 is 5.32 Å². The summed E-state index contributed by atoms with van der Waals surface area (Å²) in [6.45, 7) is 4.53. The molecular weight excluding hydrogens is 243 g/mol. The molecule has 4 heteroatoms. The quantitative estimate of drug-likeness (QED) is 0.906. The monoisotopic (exact) mass is 264 g/mol. The summed E-state index contributed by atoms with van der Waals surface area (Å²) < 4.78 is 13.7. The van der Waals surface area contributed by atoms with Crippen LogP contribution in [0, 0.1) is 5.82 Å². The Morgan fingerprint density at radius 3 is 2.89 bits per heavy atom. The Balaban J connectivity index is 2.18. The predicted molar refractivity (Wildman–Crippen MR) is 73.6 cm³/mol. The van der Waals surface area contributed by atoms with Crippen LogP contribution >= 0.6 is 0 Å². The highest BCUT2D eigenvalue weighted by atomic mass is 19.1. The van der Waals surface area contributed by atoms with E-state index in [2.05, 4.69) is 5.32 Å². The summed E-state index contributed by atoms with van der Waals surface area (Å²) >= 11 is 0. The van der Waals surface area contributed by atoms with Crippen molar-refractivity contribution in [3.63, 3.8) is 0 Å². The lowest BCUT2D eigenvalue weighted by Gasteiger charge is -2.34. The SMILES string of the molecule is CCCN(C(=O)c1ccccc1F)C1CCCNC1. The van der Waals surface area contributed by atoms with Crippen LogP contribution in [0.4, 0.5) is 4.39 Å². The number of hydrogen-bond donors (Lipinski definition) is 1. The van der Waals surface area contributed by atoms with Gasteiger partial charge in [-0.05, 0) is 37.9 Å². The third-order valence-electron chi connectivity index (χ3n) is 3.54. The number of nitrogens with zero attached hydrogens (tertiary/aromatic N) is 1. The summed E-state index contributed by atoms with van der Waals surface area (Å²) in [6, 6.07) is 6.41. The highest BCUT2D eigenvalue weighted by Crippen LogP contribution is 2.17. The van der Waals surface area contributed by atoms with E-state index < -0.39 is 5.82 Å².